The Balaban J connectivity index is 2.21. The van der Waals surface area contributed by atoms with Gasteiger partial charge in [0.25, 0.3) is 0 Å². The van der Waals surface area contributed by atoms with E-state index in [-0.39, 0.29) is 5.97 Å². The zero-order chi connectivity index (χ0) is 13.0. The predicted molar refractivity (Wildman–Crippen MR) is 70.9 cm³/mol. The first kappa shape index (κ1) is 13.7. The lowest BCUT2D eigenvalue weighted by molar-refractivity contribution is -0.147. The molecular weight excluding hydrogens is 274 g/mol. The molecule has 2 rings (SSSR count). The van der Waals surface area contributed by atoms with Crippen LogP contribution in [0.5, 0.6) is 0 Å². The Morgan fingerprint density at radius 2 is 2.44 bits per heavy atom. The van der Waals surface area contributed by atoms with Crippen molar-refractivity contribution < 1.29 is 9.53 Å². The summed E-state index contributed by atoms with van der Waals surface area (Å²) < 4.78 is 5.48. The summed E-state index contributed by atoms with van der Waals surface area (Å²) in [5.74, 6) is -0.275. The highest BCUT2D eigenvalue weighted by Crippen LogP contribution is 2.29. The quantitative estimate of drug-likeness (QED) is 0.850. The maximum absolute atomic E-state index is 12.0. The highest BCUT2D eigenvalue weighted by atomic mass is 35.5. The van der Waals surface area contributed by atoms with Crippen LogP contribution in [0.1, 0.15) is 17.5 Å². The van der Waals surface area contributed by atoms with Gasteiger partial charge in [0, 0.05) is 19.6 Å². The summed E-state index contributed by atoms with van der Waals surface area (Å²) in [5, 5.41) is 4.01. The number of carbonyl (C=O) groups excluding carboxylic acids is 1. The Bertz CT molecular complexity index is 405. The van der Waals surface area contributed by atoms with E-state index < -0.39 is 6.04 Å². The van der Waals surface area contributed by atoms with Gasteiger partial charge in [-0.15, -0.1) is 11.3 Å². The summed E-state index contributed by atoms with van der Waals surface area (Å²) in [6.45, 7) is 3.50. The van der Waals surface area contributed by atoms with Gasteiger partial charge < -0.3 is 10.1 Å². The van der Waals surface area contributed by atoms with E-state index >= 15 is 0 Å². The number of carbonyl (C=O) groups is 1. The van der Waals surface area contributed by atoms with Gasteiger partial charge in [-0.3, -0.25) is 4.90 Å². The highest BCUT2D eigenvalue weighted by Gasteiger charge is 2.31. The molecule has 1 aliphatic heterocycles. The van der Waals surface area contributed by atoms with Crippen molar-refractivity contribution in [2.75, 3.05) is 33.3 Å². The number of rotatable bonds is 3. The minimum atomic E-state index is -0.438. The molecule has 18 heavy (non-hydrogen) atoms. The zero-order valence-electron chi connectivity index (χ0n) is 10.2. The van der Waals surface area contributed by atoms with E-state index in [0.717, 1.165) is 32.6 Å². The minimum Gasteiger partial charge on any atom is -0.468 e. The lowest BCUT2D eigenvalue weighted by Gasteiger charge is -2.26. The lowest BCUT2D eigenvalue weighted by Crippen LogP contribution is -2.37. The molecule has 1 saturated heterocycles. The summed E-state index contributed by atoms with van der Waals surface area (Å²) in [6.07, 6.45) is 2.58. The standard InChI is InChI=1S/C11H16ClN3O2S/c1-17-11(16)9(10-14-7-8(12)18-10)15-5-2-3-13-4-6-15/h7,9,13H,2-6H2,1H3. The van der Waals surface area contributed by atoms with Crippen LogP contribution >= 0.6 is 22.9 Å². The number of nitrogens with one attached hydrogen (secondary N) is 1. The normalized spacial score (nSPS) is 19.2. The van der Waals surface area contributed by atoms with Crippen molar-refractivity contribution in [3.05, 3.63) is 15.5 Å². The Morgan fingerprint density at radius 3 is 3.11 bits per heavy atom. The first-order chi connectivity index (χ1) is 8.72. The highest BCUT2D eigenvalue weighted by molar-refractivity contribution is 7.16. The average Bonchev–Trinajstić information content (AvgIpc) is 2.64. The van der Waals surface area contributed by atoms with Gasteiger partial charge in [-0.25, -0.2) is 9.78 Å². The Morgan fingerprint density at radius 1 is 1.61 bits per heavy atom. The van der Waals surface area contributed by atoms with Crippen LogP contribution in [-0.4, -0.2) is 49.1 Å². The van der Waals surface area contributed by atoms with Gasteiger partial charge in [0.2, 0.25) is 0 Å². The van der Waals surface area contributed by atoms with Gasteiger partial charge in [-0.1, -0.05) is 11.6 Å². The molecule has 0 spiro atoms. The number of hydrogen-bond donors (Lipinski definition) is 1. The summed E-state index contributed by atoms with van der Waals surface area (Å²) in [4.78, 5) is 18.3. The van der Waals surface area contributed by atoms with Gasteiger partial charge in [0.1, 0.15) is 9.34 Å². The van der Waals surface area contributed by atoms with Gasteiger partial charge in [0.15, 0.2) is 6.04 Å². The maximum atomic E-state index is 12.0. The number of thiazole rings is 1. The fourth-order valence-corrected chi connectivity index (χ4v) is 3.09. The van der Waals surface area contributed by atoms with E-state index in [0.29, 0.717) is 9.34 Å². The van der Waals surface area contributed by atoms with E-state index in [2.05, 4.69) is 15.2 Å². The molecule has 0 radical (unpaired) electrons. The third-order valence-electron chi connectivity index (χ3n) is 2.89. The molecule has 0 aromatic carbocycles. The van der Waals surface area contributed by atoms with Crippen LogP contribution in [0, 0.1) is 0 Å². The summed E-state index contributed by atoms with van der Waals surface area (Å²) in [5.41, 5.74) is 0. The van der Waals surface area contributed by atoms with Gasteiger partial charge in [0.05, 0.1) is 13.3 Å². The summed E-state index contributed by atoms with van der Waals surface area (Å²) in [6, 6.07) is -0.438. The fourth-order valence-electron chi connectivity index (χ4n) is 2.04. The average molecular weight is 290 g/mol. The molecule has 0 bridgehead atoms. The van der Waals surface area contributed by atoms with Crippen molar-refractivity contribution in [1.29, 1.82) is 0 Å². The largest absolute Gasteiger partial charge is 0.468 e. The van der Waals surface area contributed by atoms with Crippen LogP contribution in [0.25, 0.3) is 0 Å². The first-order valence-corrected chi connectivity index (χ1v) is 7.05. The molecule has 0 saturated carbocycles. The molecule has 1 atom stereocenters. The third-order valence-corrected chi connectivity index (χ3v) is 4.06. The van der Waals surface area contributed by atoms with Crippen molar-refractivity contribution >= 4 is 28.9 Å². The van der Waals surface area contributed by atoms with Crippen molar-refractivity contribution in [3.8, 4) is 0 Å². The second-order valence-electron chi connectivity index (χ2n) is 4.07. The molecular formula is C11H16ClN3O2S. The van der Waals surface area contributed by atoms with E-state index in [1.165, 1.54) is 18.4 Å². The number of halogens is 1. The molecule has 1 aromatic rings. The molecule has 1 aliphatic rings. The van der Waals surface area contributed by atoms with Crippen LogP contribution in [0.15, 0.2) is 6.20 Å². The number of ether oxygens (including phenoxy) is 1. The Kier molecular flexibility index (Phi) is 4.94. The fraction of sp³-hybridized carbons (Fsp3) is 0.636. The topological polar surface area (TPSA) is 54.5 Å². The molecule has 2 heterocycles. The first-order valence-electron chi connectivity index (χ1n) is 5.86. The van der Waals surface area contributed by atoms with Crippen LogP contribution in [0.3, 0.4) is 0 Å². The molecule has 7 heteroatoms. The van der Waals surface area contributed by atoms with Crippen LogP contribution < -0.4 is 5.32 Å². The van der Waals surface area contributed by atoms with Crippen molar-refractivity contribution in [3.63, 3.8) is 0 Å². The Labute approximate surface area is 115 Å². The van der Waals surface area contributed by atoms with E-state index in [4.69, 9.17) is 16.3 Å². The molecule has 5 nitrogen and oxygen atoms in total. The monoisotopic (exact) mass is 289 g/mol. The van der Waals surface area contributed by atoms with Crippen molar-refractivity contribution in [1.82, 2.24) is 15.2 Å². The molecule has 1 fully saturated rings. The predicted octanol–water partition coefficient (Wildman–Crippen LogP) is 1.31. The molecule has 1 unspecified atom stereocenters. The number of esters is 1. The summed E-state index contributed by atoms with van der Waals surface area (Å²) >= 11 is 7.23. The van der Waals surface area contributed by atoms with Gasteiger partial charge in [-0.05, 0) is 13.0 Å². The number of aromatic nitrogens is 1. The summed E-state index contributed by atoms with van der Waals surface area (Å²) in [7, 11) is 1.40. The molecule has 0 amide bonds. The van der Waals surface area contributed by atoms with Gasteiger partial charge >= 0.3 is 5.97 Å². The Hall–Kier alpha value is -0.690. The van der Waals surface area contributed by atoms with Crippen LogP contribution in [-0.2, 0) is 9.53 Å². The number of nitrogens with zero attached hydrogens (tertiary/aromatic N) is 2. The number of methoxy groups -OCH3 is 1. The van der Waals surface area contributed by atoms with Crippen LogP contribution in [0.4, 0.5) is 0 Å². The van der Waals surface area contributed by atoms with E-state index in [9.17, 15) is 4.79 Å². The smallest absolute Gasteiger partial charge is 0.330 e. The second kappa shape index (κ2) is 6.47. The number of hydrogen-bond acceptors (Lipinski definition) is 6. The molecule has 1 aromatic heterocycles. The van der Waals surface area contributed by atoms with E-state index in [1.807, 2.05) is 0 Å². The van der Waals surface area contributed by atoms with Crippen molar-refractivity contribution in [2.45, 2.75) is 12.5 Å². The van der Waals surface area contributed by atoms with Gasteiger partial charge in [-0.2, -0.15) is 0 Å². The third kappa shape index (κ3) is 3.20. The molecule has 1 N–H and O–H groups in total. The zero-order valence-corrected chi connectivity index (χ0v) is 11.8. The SMILES string of the molecule is COC(=O)C(c1ncc(Cl)s1)N1CCCNCC1. The molecule has 100 valence electrons. The lowest BCUT2D eigenvalue weighted by atomic mass is 10.2. The van der Waals surface area contributed by atoms with E-state index in [1.54, 1.807) is 6.20 Å². The maximum Gasteiger partial charge on any atom is 0.330 e. The second-order valence-corrected chi connectivity index (χ2v) is 5.76. The van der Waals surface area contributed by atoms with Crippen LogP contribution in [0.2, 0.25) is 4.34 Å². The van der Waals surface area contributed by atoms with Crippen molar-refractivity contribution in [2.24, 2.45) is 0 Å². The molecule has 0 aliphatic carbocycles. The minimum absolute atomic E-state index is 0.275.